The lowest BCUT2D eigenvalue weighted by Crippen LogP contribution is -2.07. The Bertz CT molecular complexity index is 717. The van der Waals surface area contributed by atoms with Gasteiger partial charge in [-0.2, -0.15) is 0 Å². The van der Waals surface area contributed by atoms with E-state index in [4.69, 9.17) is 9.47 Å². The van der Waals surface area contributed by atoms with Crippen LogP contribution in [0.15, 0.2) is 60.2 Å². The summed E-state index contributed by atoms with van der Waals surface area (Å²) in [6, 6.07) is 18.1. The van der Waals surface area contributed by atoms with Crippen molar-refractivity contribution in [3.63, 3.8) is 0 Å². The lowest BCUT2D eigenvalue weighted by Gasteiger charge is -2.09. The summed E-state index contributed by atoms with van der Waals surface area (Å²) < 4.78 is 11.0. The fourth-order valence-electron chi connectivity index (χ4n) is 2.93. The molecule has 0 amide bonds. The Balaban J connectivity index is 1.70. The van der Waals surface area contributed by atoms with E-state index in [-0.39, 0.29) is 11.9 Å². The molecule has 130 valence electrons. The van der Waals surface area contributed by atoms with Gasteiger partial charge in [0.1, 0.15) is 5.75 Å². The van der Waals surface area contributed by atoms with Crippen LogP contribution >= 0.6 is 0 Å². The van der Waals surface area contributed by atoms with Gasteiger partial charge in [0, 0.05) is 11.5 Å². The van der Waals surface area contributed by atoms with Crippen LogP contribution in [0, 0.1) is 5.92 Å². The highest BCUT2D eigenvalue weighted by molar-refractivity contribution is 5.96. The third-order valence-corrected chi connectivity index (χ3v) is 4.38. The van der Waals surface area contributed by atoms with Crippen molar-refractivity contribution in [2.75, 3.05) is 13.2 Å². The average Bonchev–Trinajstić information content (AvgIpc) is 2.98. The second kappa shape index (κ2) is 8.52. The summed E-state index contributed by atoms with van der Waals surface area (Å²) in [5.74, 6) is 0.769. The van der Waals surface area contributed by atoms with Crippen molar-refractivity contribution in [3.05, 3.63) is 71.3 Å². The number of unbranched alkanes of at least 4 members (excludes halogenated alkanes) is 1. The highest BCUT2D eigenvalue weighted by atomic mass is 16.5. The van der Waals surface area contributed by atoms with E-state index in [2.05, 4.69) is 19.1 Å². The van der Waals surface area contributed by atoms with Gasteiger partial charge < -0.3 is 9.47 Å². The van der Waals surface area contributed by atoms with Crippen LogP contribution in [0.4, 0.5) is 0 Å². The molecule has 2 aromatic rings. The maximum absolute atomic E-state index is 12.1. The third kappa shape index (κ3) is 4.72. The largest absolute Gasteiger partial charge is 0.494 e. The van der Waals surface area contributed by atoms with Gasteiger partial charge in [0.15, 0.2) is 0 Å². The van der Waals surface area contributed by atoms with E-state index in [9.17, 15) is 4.79 Å². The minimum atomic E-state index is -0.204. The average molecular weight is 336 g/mol. The van der Waals surface area contributed by atoms with Gasteiger partial charge in [-0.3, -0.25) is 0 Å². The first kappa shape index (κ1) is 17.3. The first-order valence-corrected chi connectivity index (χ1v) is 8.91. The Morgan fingerprint density at radius 1 is 1.12 bits per heavy atom. The van der Waals surface area contributed by atoms with Gasteiger partial charge in [0.2, 0.25) is 0 Å². The molecule has 0 N–H and O–H groups in total. The van der Waals surface area contributed by atoms with Crippen molar-refractivity contribution in [1.82, 2.24) is 0 Å². The molecule has 1 aliphatic rings. The molecule has 0 saturated carbocycles. The summed E-state index contributed by atoms with van der Waals surface area (Å²) in [5, 5.41) is 0. The number of cyclic esters (lactones) is 1. The number of hydrogen-bond donors (Lipinski definition) is 0. The van der Waals surface area contributed by atoms with Crippen LogP contribution in [0.3, 0.4) is 0 Å². The minimum absolute atomic E-state index is 0.107. The smallest absolute Gasteiger partial charge is 0.334 e. The summed E-state index contributed by atoms with van der Waals surface area (Å²) in [5.41, 5.74) is 2.97. The molecule has 0 bridgehead atoms. The monoisotopic (exact) mass is 336 g/mol. The van der Waals surface area contributed by atoms with Crippen LogP contribution in [-0.4, -0.2) is 19.2 Å². The lowest BCUT2D eigenvalue weighted by molar-refractivity contribution is -0.135. The molecule has 0 aromatic heterocycles. The first-order valence-electron chi connectivity index (χ1n) is 8.91. The lowest BCUT2D eigenvalue weighted by atomic mass is 9.93. The SMILES string of the molecule is CCCCOc1ccc(/C=C2/C(=O)OC[C@@H]2Cc2ccccc2)cc1. The molecule has 0 radical (unpaired) electrons. The predicted molar refractivity (Wildman–Crippen MR) is 99.4 cm³/mol. The van der Waals surface area contributed by atoms with Gasteiger partial charge >= 0.3 is 5.97 Å². The Kier molecular flexibility index (Phi) is 5.89. The second-order valence-corrected chi connectivity index (χ2v) is 6.36. The molecule has 25 heavy (non-hydrogen) atoms. The molecule has 2 aromatic carbocycles. The van der Waals surface area contributed by atoms with Gasteiger partial charge in [0.25, 0.3) is 0 Å². The zero-order chi connectivity index (χ0) is 17.5. The normalized spacial score (nSPS) is 18.4. The predicted octanol–water partition coefficient (Wildman–Crippen LogP) is 4.66. The topological polar surface area (TPSA) is 35.5 Å². The summed E-state index contributed by atoms with van der Waals surface area (Å²) in [6.45, 7) is 3.34. The van der Waals surface area contributed by atoms with Crippen molar-refractivity contribution < 1.29 is 14.3 Å². The maximum Gasteiger partial charge on any atom is 0.334 e. The van der Waals surface area contributed by atoms with Crippen molar-refractivity contribution >= 4 is 12.0 Å². The quantitative estimate of drug-likeness (QED) is 0.419. The van der Waals surface area contributed by atoms with Gasteiger partial charge in [-0.1, -0.05) is 55.8 Å². The van der Waals surface area contributed by atoms with Crippen LogP contribution in [0.5, 0.6) is 5.75 Å². The number of benzene rings is 2. The van der Waals surface area contributed by atoms with Crippen LogP contribution in [0.2, 0.25) is 0 Å². The number of rotatable bonds is 7. The zero-order valence-corrected chi connectivity index (χ0v) is 14.6. The van der Waals surface area contributed by atoms with Crippen LogP contribution in [0.1, 0.15) is 30.9 Å². The van der Waals surface area contributed by atoms with Gasteiger partial charge in [-0.05, 0) is 42.2 Å². The van der Waals surface area contributed by atoms with Crippen LogP contribution in [0.25, 0.3) is 6.08 Å². The van der Waals surface area contributed by atoms with E-state index in [1.54, 1.807) is 0 Å². The van der Waals surface area contributed by atoms with E-state index in [1.165, 1.54) is 5.56 Å². The Morgan fingerprint density at radius 2 is 1.88 bits per heavy atom. The van der Waals surface area contributed by atoms with Crippen LogP contribution in [-0.2, 0) is 16.0 Å². The van der Waals surface area contributed by atoms with Gasteiger partial charge in [-0.25, -0.2) is 4.79 Å². The number of carbonyl (C=O) groups excluding carboxylic acids is 1. The molecule has 3 nitrogen and oxygen atoms in total. The Labute approximate surface area is 149 Å². The van der Waals surface area contributed by atoms with E-state index in [1.807, 2.05) is 48.5 Å². The van der Waals surface area contributed by atoms with Crippen molar-refractivity contribution in [1.29, 1.82) is 0 Å². The Morgan fingerprint density at radius 3 is 2.60 bits per heavy atom. The van der Waals surface area contributed by atoms with Gasteiger partial charge in [0.05, 0.1) is 13.2 Å². The highest BCUT2D eigenvalue weighted by Gasteiger charge is 2.30. The highest BCUT2D eigenvalue weighted by Crippen LogP contribution is 2.27. The summed E-state index contributed by atoms with van der Waals surface area (Å²) in [6.07, 6.45) is 4.93. The first-order chi connectivity index (χ1) is 12.3. The number of ether oxygens (including phenoxy) is 2. The molecule has 3 heteroatoms. The molecular formula is C22H24O3. The Hall–Kier alpha value is -2.55. The molecule has 0 aliphatic carbocycles. The number of esters is 1. The number of carbonyl (C=O) groups is 1. The van der Waals surface area contributed by atoms with Crippen LogP contribution < -0.4 is 4.74 Å². The number of hydrogen-bond acceptors (Lipinski definition) is 3. The molecule has 1 aliphatic heterocycles. The molecular weight excluding hydrogens is 312 g/mol. The fraction of sp³-hybridized carbons (Fsp3) is 0.318. The molecule has 0 unspecified atom stereocenters. The molecule has 3 rings (SSSR count). The van der Waals surface area contributed by atoms with Gasteiger partial charge in [-0.15, -0.1) is 0 Å². The zero-order valence-electron chi connectivity index (χ0n) is 14.6. The van der Waals surface area contributed by atoms with E-state index < -0.39 is 0 Å². The summed E-state index contributed by atoms with van der Waals surface area (Å²) in [7, 11) is 0. The maximum atomic E-state index is 12.1. The van der Waals surface area contributed by atoms with Crippen molar-refractivity contribution in [2.45, 2.75) is 26.2 Å². The summed E-state index contributed by atoms with van der Waals surface area (Å²) >= 11 is 0. The minimum Gasteiger partial charge on any atom is -0.494 e. The van der Waals surface area contributed by atoms with E-state index in [0.717, 1.165) is 42.8 Å². The van der Waals surface area contributed by atoms with E-state index in [0.29, 0.717) is 6.61 Å². The summed E-state index contributed by atoms with van der Waals surface area (Å²) in [4.78, 5) is 12.1. The third-order valence-electron chi connectivity index (χ3n) is 4.38. The van der Waals surface area contributed by atoms with E-state index >= 15 is 0 Å². The molecule has 1 saturated heterocycles. The molecule has 1 atom stereocenters. The molecule has 1 heterocycles. The van der Waals surface area contributed by atoms with Crippen molar-refractivity contribution in [3.8, 4) is 5.75 Å². The molecule has 1 fully saturated rings. The fourth-order valence-corrected chi connectivity index (χ4v) is 2.93. The molecule has 0 spiro atoms. The second-order valence-electron chi connectivity index (χ2n) is 6.36. The standard InChI is InChI=1S/C22H24O3/c1-2-3-13-24-20-11-9-18(10-12-20)15-21-19(16-25-22(21)23)14-17-7-5-4-6-8-17/h4-12,15,19H,2-3,13-14,16H2,1H3/b21-15+/t19-/m0/s1. The van der Waals surface area contributed by atoms with Crippen molar-refractivity contribution in [2.24, 2.45) is 5.92 Å².